The maximum absolute atomic E-state index is 11.8. The SMILES string of the molecule is CCC1CN(CCNC(=O)C(C)(C)O)Cc2cc(OC)ccc2O1. The standard InChI is InChI=1S/C18H28N2O4/c1-5-14-12-20(9-8-19-17(21)18(2,3)22)11-13-10-15(23-4)6-7-16(13)24-14/h6-7,10,14,22H,5,8-9,11-12H2,1-4H3,(H,19,21). The number of aliphatic hydroxyl groups is 1. The maximum Gasteiger partial charge on any atom is 0.251 e. The maximum atomic E-state index is 11.8. The first-order chi connectivity index (χ1) is 11.3. The predicted octanol–water partition coefficient (Wildman–Crippen LogP) is 1.56. The van der Waals surface area contributed by atoms with E-state index in [2.05, 4.69) is 17.1 Å². The van der Waals surface area contributed by atoms with Gasteiger partial charge >= 0.3 is 0 Å². The van der Waals surface area contributed by atoms with Gasteiger partial charge in [-0.3, -0.25) is 9.69 Å². The van der Waals surface area contributed by atoms with Gasteiger partial charge in [0.25, 0.3) is 5.91 Å². The number of carbonyl (C=O) groups excluding carboxylic acids is 1. The van der Waals surface area contributed by atoms with Crippen LogP contribution in [0.15, 0.2) is 18.2 Å². The number of amides is 1. The first-order valence-corrected chi connectivity index (χ1v) is 8.40. The quantitative estimate of drug-likeness (QED) is 0.825. The second-order valence-electron chi connectivity index (χ2n) is 6.67. The number of ether oxygens (including phenoxy) is 2. The van der Waals surface area contributed by atoms with Gasteiger partial charge in [0.1, 0.15) is 23.2 Å². The number of benzene rings is 1. The van der Waals surface area contributed by atoms with Gasteiger partial charge in [-0.15, -0.1) is 0 Å². The summed E-state index contributed by atoms with van der Waals surface area (Å²) in [6.07, 6.45) is 1.03. The molecule has 0 spiro atoms. The van der Waals surface area contributed by atoms with Crippen molar-refractivity contribution >= 4 is 5.91 Å². The monoisotopic (exact) mass is 336 g/mol. The Hall–Kier alpha value is -1.79. The minimum atomic E-state index is -1.35. The molecule has 2 rings (SSSR count). The molecule has 1 aromatic carbocycles. The minimum absolute atomic E-state index is 0.115. The van der Waals surface area contributed by atoms with E-state index < -0.39 is 5.60 Å². The first-order valence-electron chi connectivity index (χ1n) is 8.40. The van der Waals surface area contributed by atoms with Gasteiger partial charge in [0, 0.05) is 31.7 Å². The molecule has 1 amide bonds. The summed E-state index contributed by atoms with van der Waals surface area (Å²) in [5, 5.41) is 12.5. The molecule has 1 atom stereocenters. The number of methoxy groups -OCH3 is 1. The van der Waals surface area contributed by atoms with Crippen LogP contribution in [-0.4, -0.2) is 54.4 Å². The van der Waals surface area contributed by atoms with Crippen molar-refractivity contribution in [1.29, 1.82) is 0 Å². The van der Waals surface area contributed by atoms with Crippen LogP contribution in [0.3, 0.4) is 0 Å². The van der Waals surface area contributed by atoms with Gasteiger partial charge in [-0.1, -0.05) is 6.92 Å². The summed E-state index contributed by atoms with van der Waals surface area (Å²) < 4.78 is 11.4. The van der Waals surface area contributed by atoms with E-state index in [1.807, 2.05) is 18.2 Å². The smallest absolute Gasteiger partial charge is 0.251 e. The Morgan fingerprint density at radius 2 is 2.25 bits per heavy atom. The van der Waals surface area contributed by atoms with Gasteiger partial charge in [0.15, 0.2) is 0 Å². The fraction of sp³-hybridized carbons (Fsp3) is 0.611. The van der Waals surface area contributed by atoms with E-state index in [4.69, 9.17) is 9.47 Å². The topological polar surface area (TPSA) is 71.0 Å². The molecule has 0 aromatic heterocycles. The molecule has 0 bridgehead atoms. The summed E-state index contributed by atoms with van der Waals surface area (Å²) in [4.78, 5) is 14.0. The molecular weight excluding hydrogens is 308 g/mol. The van der Waals surface area contributed by atoms with Gasteiger partial charge in [0.05, 0.1) is 7.11 Å². The zero-order chi connectivity index (χ0) is 17.7. The normalized spacial score (nSPS) is 18.3. The number of carbonyl (C=O) groups is 1. The number of nitrogens with zero attached hydrogens (tertiary/aromatic N) is 1. The predicted molar refractivity (Wildman–Crippen MR) is 92.3 cm³/mol. The van der Waals surface area contributed by atoms with Gasteiger partial charge in [-0.25, -0.2) is 0 Å². The van der Waals surface area contributed by atoms with Crippen LogP contribution in [0.25, 0.3) is 0 Å². The van der Waals surface area contributed by atoms with E-state index in [0.29, 0.717) is 13.1 Å². The molecule has 2 N–H and O–H groups in total. The number of hydrogen-bond acceptors (Lipinski definition) is 5. The van der Waals surface area contributed by atoms with Crippen LogP contribution in [0.2, 0.25) is 0 Å². The number of fused-ring (bicyclic) bond motifs is 1. The Bertz CT molecular complexity index is 569. The number of hydrogen-bond donors (Lipinski definition) is 2. The highest BCUT2D eigenvalue weighted by Gasteiger charge is 2.25. The molecule has 6 heteroatoms. The molecule has 1 aromatic rings. The molecule has 24 heavy (non-hydrogen) atoms. The molecular formula is C18H28N2O4. The summed E-state index contributed by atoms with van der Waals surface area (Å²) in [5.41, 5.74) is -0.271. The average molecular weight is 336 g/mol. The van der Waals surface area contributed by atoms with Crippen LogP contribution in [-0.2, 0) is 11.3 Å². The lowest BCUT2D eigenvalue weighted by Gasteiger charge is -2.24. The van der Waals surface area contributed by atoms with Crippen LogP contribution in [0.1, 0.15) is 32.8 Å². The Morgan fingerprint density at radius 3 is 2.88 bits per heavy atom. The molecule has 0 saturated carbocycles. The van der Waals surface area contributed by atoms with Crippen LogP contribution < -0.4 is 14.8 Å². The highest BCUT2D eigenvalue weighted by atomic mass is 16.5. The lowest BCUT2D eigenvalue weighted by molar-refractivity contribution is -0.136. The van der Waals surface area contributed by atoms with E-state index in [-0.39, 0.29) is 12.0 Å². The molecule has 1 unspecified atom stereocenters. The molecule has 1 aliphatic heterocycles. The van der Waals surface area contributed by atoms with Gasteiger partial charge in [0.2, 0.25) is 0 Å². The van der Waals surface area contributed by atoms with Crippen molar-refractivity contribution in [3.63, 3.8) is 0 Å². The van der Waals surface area contributed by atoms with Crippen molar-refractivity contribution in [3.05, 3.63) is 23.8 Å². The lowest BCUT2D eigenvalue weighted by Crippen LogP contribution is -2.45. The Balaban J connectivity index is 2.03. The molecule has 0 saturated heterocycles. The van der Waals surface area contributed by atoms with Crippen molar-refractivity contribution in [2.75, 3.05) is 26.7 Å². The van der Waals surface area contributed by atoms with Gasteiger partial charge < -0.3 is 19.9 Å². The minimum Gasteiger partial charge on any atom is -0.497 e. The first kappa shape index (κ1) is 18.5. The summed E-state index contributed by atoms with van der Waals surface area (Å²) >= 11 is 0. The molecule has 0 radical (unpaired) electrons. The zero-order valence-corrected chi connectivity index (χ0v) is 15.0. The highest BCUT2D eigenvalue weighted by molar-refractivity contribution is 5.83. The molecule has 1 heterocycles. The summed E-state index contributed by atoms with van der Waals surface area (Å²) in [5.74, 6) is 1.34. The third-order valence-corrected chi connectivity index (χ3v) is 4.14. The molecule has 6 nitrogen and oxygen atoms in total. The van der Waals surface area contributed by atoms with Gasteiger partial charge in [-0.05, 0) is 38.5 Å². The molecule has 0 aliphatic carbocycles. The average Bonchev–Trinajstić information content (AvgIpc) is 2.71. The lowest BCUT2D eigenvalue weighted by atomic mass is 10.1. The third kappa shape index (κ3) is 4.85. The Labute approximate surface area is 143 Å². The summed E-state index contributed by atoms with van der Waals surface area (Å²) in [6.45, 7) is 7.78. The summed E-state index contributed by atoms with van der Waals surface area (Å²) in [7, 11) is 1.65. The molecule has 0 fully saturated rings. The second-order valence-corrected chi connectivity index (χ2v) is 6.67. The Kier molecular flexibility index (Phi) is 6.07. The van der Waals surface area contributed by atoms with Crippen molar-refractivity contribution < 1.29 is 19.4 Å². The van der Waals surface area contributed by atoms with Crippen molar-refractivity contribution in [1.82, 2.24) is 10.2 Å². The zero-order valence-electron chi connectivity index (χ0n) is 15.0. The number of rotatable bonds is 6. The summed E-state index contributed by atoms with van der Waals surface area (Å²) in [6, 6.07) is 5.86. The van der Waals surface area contributed by atoms with Crippen LogP contribution in [0.4, 0.5) is 0 Å². The van der Waals surface area contributed by atoms with E-state index in [0.717, 1.165) is 36.6 Å². The van der Waals surface area contributed by atoms with E-state index in [9.17, 15) is 9.90 Å². The van der Waals surface area contributed by atoms with Crippen molar-refractivity contribution in [2.45, 2.75) is 45.4 Å². The van der Waals surface area contributed by atoms with E-state index in [1.54, 1.807) is 7.11 Å². The van der Waals surface area contributed by atoms with Gasteiger partial charge in [-0.2, -0.15) is 0 Å². The van der Waals surface area contributed by atoms with Crippen LogP contribution >= 0.6 is 0 Å². The Morgan fingerprint density at radius 1 is 1.50 bits per heavy atom. The third-order valence-electron chi connectivity index (χ3n) is 4.14. The molecule has 134 valence electrons. The van der Waals surface area contributed by atoms with Crippen LogP contribution in [0.5, 0.6) is 11.5 Å². The fourth-order valence-electron chi connectivity index (χ4n) is 2.66. The highest BCUT2D eigenvalue weighted by Crippen LogP contribution is 2.29. The van der Waals surface area contributed by atoms with Crippen molar-refractivity contribution in [2.24, 2.45) is 0 Å². The number of nitrogens with one attached hydrogen (secondary N) is 1. The van der Waals surface area contributed by atoms with E-state index in [1.165, 1.54) is 13.8 Å². The van der Waals surface area contributed by atoms with Crippen LogP contribution in [0, 0.1) is 0 Å². The second kappa shape index (κ2) is 7.85. The largest absolute Gasteiger partial charge is 0.497 e. The van der Waals surface area contributed by atoms with Crippen molar-refractivity contribution in [3.8, 4) is 11.5 Å². The fourth-order valence-corrected chi connectivity index (χ4v) is 2.66. The molecule has 1 aliphatic rings. The van der Waals surface area contributed by atoms with E-state index >= 15 is 0 Å².